The number of hydrogen-bond donors (Lipinski definition) is 2. The number of esters is 1. The minimum absolute atomic E-state index is 0.0621. The van der Waals surface area contributed by atoms with Crippen molar-refractivity contribution >= 4 is 17.9 Å². The Bertz CT molecular complexity index is 434. The Balaban J connectivity index is 2.57. The number of ether oxygens (including phenoxy) is 1. The molecule has 1 aromatic rings. The molecule has 0 aliphatic carbocycles. The summed E-state index contributed by atoms with van der Waals surface area (Å²) in [6, 6.07) is 5.17. The highest BCUT2D eigenvalue weighted by atomic mass is 16.5. The molecule has 0 bridgehead atoms. The fourth-order valence-electron chi connectivity index (χ4n) is 1.06. The highest BCUT2D eigenvalue weighted by molar-refractivity contribution is 5.92. The third-order valence-corrected chi connectivity index (χ3v) is 1.92. The van der Waals surface area contributed by atoms with Gasteiger partial charge in [-0.3, -0.25) is 4.79 Å². The van der Waals surface area contributed by atoms with Crippen molar-refractivity contribution in [2.45, 2.75) is 6.42 Å². The zero-order valence-electron chi connectivity index (χ0n) is 8.75. The molecule has 0 saturated carbocycles. The Morgan fingerprint density at radius 1 is 1.00 bits per heavy atom. The van der Waals surface area contributed by atoms with Gasteiger partial charge in [0.25, 0.3) is 0 Å². The molecule has 0 amide bonds. The molecular formula is C11H10O6. The van der Waals surface area contributed by atoms with Crippen LogP contribution in [0.2, 0.25) is 0 Å². The maximum absolute atomic E-state index is 11.3. The predicted molar refractivity (Wildman–Crippen MR) is 55.9 cm³/mol. The number of aromatic carboxylic acids is 1. The van der Waals surface area contributed by atoms with Crippen molar-refractivity contribution in [1.82, 2.24) is 0 Å². The Morgan fingerprint density at radius 3 is 2.00 bits per heavy atom. The summed E-state index contributed by atoms with van der Waals surface area (Å²) in [5.41, 5.74) is 0.243. The van der Waals surface area contributed by atoms with Gasteiger partial charge in [-0.2, -0.15) is 0 Å². The molecule has 1 rings (SSSR count). The zero-order chi connectivity index (χ0) is 12.8. The van der Waals surface area contributed by atoms with Gasteiger partial charge in [-0.15, -0.1) is 0 Å². The van der Waals surface area contributed by atoms with Crippen molar-refractivity contribution in [3.05, 3.63) is 35.4 Å². The number of rotatable bonds is 5. The van der Waals surface area contributed by atoms with Crippen molar-refractivity contribution in [1.29, 1.82) is 0 Å². The Kier molecular flexibility index (Phi) is 4.21. The quantitative estimate of drug-likeness (QED) is 0.742. The van der Waals surface area contributed by atoms with Gasteiger partial charge in [-0.25, -0.2) is 9.59 Å². The van der Waals surface area contributed by atoms with Crippen LogP contribution in [-0.4, -0.2) is 34.7 Å². The summed E-state index contributed by atoms with van der Waals surface area (Å²) in [4.78, 5) is 32.1. The fraction of sp³-hybridized carbons (Fsp3) is 0.182. The van der Waals surface area contributed by atoms with Crippen LogP contribution in [0, 0.1) is 0 Å². The van der Waals surface area contributed by atoms with Gasteiger partial charge in [0.15, 0.2) is 0 Å². The van der Waals surface area contributed by atoms with Crippen LogP contribution in [0.4, 0.5) is 0 Å². The lowest BCUT2D eigenvalue weighted by atomic mass is 10.1. The van der Waals surface area contributed by atoms with Gasteiger partial charge in [0.05, 0.1) is 17.5 Å². The second-order valence-electron chi connectivity index (χ2n) is 3.16. The van der Waals surface area contributed by atoms with Crippen LogP contribution >= 0.6 is 0 Å². The standard InChI is InChI=1S/C11H10O6/c12-9(13)5-6-17-11(16)8-3-1-7(2-4-8)10(14)15/h1-4H,5-6H2,(H,12,13)(H,14,15). The number of carboxylic acid groups (broad SMARTS) is 2. The van der Waals surface area contributed by atoms with Gasteiger partial charge >= 0.3 is 17.9 Å². The van der Waals surface area contributed by atoms with Crippen LogP contribution in [0.25, 0.3) is 0 Å². The molecule has 1 aromatic carbocycles. The first-order valence-corrected chi connectivity index (χ1v) is 4.73. The van der Waals surface area contributed by atoms with Crippen molar-refractivity contribution in [3.8, 4) is 0 Å². The van der Waals surface area contributed by atoms with Crippen LogP contribution in [0.5, 0.6) is 0 Å². The van der Waals surface area contributed by atoms with E-state index >= 15 is 0 Å². The Labute approximate surface area is 96.4 Å². The molecular weight excluding hydrogens is 228 g/mol. The van der Waals surface area contributed by atoms with E-state index in [2.05, 4.69) is 4.74 Å². The molecule has 90 valence electrons. The Morgan fingerprint density at radius 2 is 1.53 bits per heavy atom. The number of aliphatic carboxylic acids is 1. The summed E-state index contributed by atoms with van der Waals surface area (Å²) >= 11 is 0. The summed E-state index contributed by atoms with van der Waals surface area (Å²) < 4.78 is 4.67. The molecule has 6 nitrogen and oxygen atoms in total. The topological polar surface area (TPSA) is 101 Å². The molecule has 0 unspecified atom stereocenters. The predicted octanol–water partition coefficient (Wildman–Crippen LogP) is 1.02. The average Bonchev–Trinajstić information content (AvgIpc) is 2.28. The zero-order valence-corrected chi connectivity index (χ0v) is 8.75. The van der Waals surface area contributed by atoms with Crippen LogP contribution < -0.4 is 0 Å². The largest absolute Gasteiger partial charge is 0.481 e. The first-order valence-electron chi connectivity index (χ1n) is 4.73. The van der Waals surface area contributed by atoms with E-state index in [1.165, 1.54) is 24.3 Å². The molecule has 0 heterocycles. The summed E-state index contributed by atoms with van der Waals surface area (Å²) in [5, 5.41) is 17.0. The number of benzene rings is 1. The van der Waals surface area contributed by atoms with Crippen LogP contribution in [0.3, 0.4) is 0 Å². The van der Waals surface area contributed by atoms with Crippen molar-refractivity contribution in [2.24, 2.45) is 0 Å². The highest BCUT2D eigenvalue weighted by Gasteiger charge is 2.09. The van der Waals surface area contributed by atoms with Crippen molar-refractivity contribution in [2.75, 3.05) is 6.61 Å². The van der Waals surface area contributed by atoms with E-state index < -0.39 is 17.9 Å². The van der Waals surface area contributed by atoms with Crippen molar-refractivity contribution in [3.63, 3.8) is 0 Å². The smallest absolute Gasteiger partial charge is 0.338 e. The molecule has 0 aromatic heterocycles. The van der Waals surface area contributed by atoms with E-state index in [0.29, 0.717) is 0 Å². The molecule has 0 saturated heterocycles. The SMILES string of the molecule is O=C(O)CCOC(=O)c1ccc(C(=O)O)cc1. The summed E-state index contributed by atoms with van der Waals surface area (Å²) in [6.45, 7) is -0.213. The molecule has 0 atom stereocenters. The van der Waals surface area contributed by atoms with E-state index in [1.807, 2.05) is 0 Å². The fourth-order valence-corrected chi connectivity index (χ4v) is 1.06. The summed E-state index contributed by atoms with van der Waals surface area (Å²) in [5.74, 6) is -2.82. The normalized spacial score (nSPS) is 9.65. The highest BCUT2D eigenvalue weighted by Crippen LogP contribution is 2.06. The molecule has 6 heteroatoms. The van der Waals surface area contributed by atoms with Gasteiger partial charge in [-0.05, 0) is 24.3 Å². The van der Waals surface area contributed by atoms with Crippen LogP contribution in [0.15, 0.2) is 24.3 Å². The lowest BCUT2D eigenvalue weighted by Crippen LogP contribution is -2.09. The third-order valence-electron chi connectivity index (χ3n) is 1.92. The first-order chi connectivity index (χ1) is 8.00. The molecule has 0 fully saturated rings. The van der Waals surface area contributed by atoms with E-state index in [0.717, 1.165) is 0 Å². The lowest BCUT2D eigenvalue weighted by Gasteiger charge is -2.03. The third kappa shape index (κ3) is 3.94. The van der Waals surface area contributed by atoms with E-state index in [1.54, 1.807) is 0 Å². The van der Waals surface area contributed by atoms with Gasteiger partial charge in [0.1, 0.15) is 6.61 Å². The number of carbonyl (C=O) groups is 3. The number of carboxylic acids is 2. The minimum Gasteiger partial charge on any atom is -0.481 e. The van der Waals surface area contributed by atoms with Crippen LogP contribution in [-0.2, 0) is 9.53 Å². The van der Waals surface area contributed by atoms with Gasteiger partial charge in [0.2, 0.25) is 0 Å². The average molecular weight is 238 g/mol. The summed E-state index contributed by atoms with van der Waals surface area (Å²) in [7, 11) is 0. The summed E-state index contributed by atoms with van der Waals surface area (Å²) in [6.07, 6.45) is -0.265. The number of hydrogen-bond acceptors (Lipinski definition) is 4. The van der Waals surface area contributed by atoms with E-state index in [9.17, 15) is 14.4 Å². The van der Waals surface area contributed by atoms with Gasteiger partial charge in [0, 0.05) is 0 Å². The second-order valence-corrected chi connectivity index (χ2v) is 3.16. The molecule has 0 aliphatic heterocycles. The van der Waals surface area contributed by atoms with Gasteiger partial charge in [-0.1, -0.05) is 0 Å². The first kappa shape index (κ1) is 12.7. The monoisotopic (exact) mass is 238 g/mol. The number of carbonyl (C=O) groups excluding carboxylic acids is 1. The maximum Gasteiger partial charge on any atom is 0.338 e. The van der Waals surface area contributed by atoms with Crippen molar-refractivity contribution < 1.29 is 29.3 Å². The Hall–Kier alpha value is -2.37. The molecule has 0 aliphatic rings. The maximum atomic E-state index is 11.3. The molecule has 0 spiro atoms. The van der Waals surface area contributed by atoms with Gasteiger partial charge < -0.3 is 14.9 Å². The molecule has 2 N–H and O–H groups in total. The minimum atomic E-state index is -1.09. The van der Waals surface area contributed by atoms with Crippen LogP contribution in [0.1, 0.15) is 27.1 Å². The van der Waals surface area contributed by atoms with E-state index in [4.69, 9.17) is 10.2 Å². The van der Waals surface area contributed by atoms with E-state index in [-0.39, 0.29) is 24.2 Å². The molecule has 0 radical (unpaired) electrons. The lowest BCUT2D eigenvalue weighted by molar-refractivity contribution is -0.137. The second kappa shape index (κ2) is 5.64. The molecule has 17 heavy (non-hydrogen) atoms.